The predicted molar refractivity (Wildman–Crippen MR) is 146 cm³/mol. The van der Waals surface area contributed by atoms with Crippen molar-refractivity contribution in [2.45, 2.75) is 51.2 Å². The summed E-state index contributed by atoms with van der Waals surface area (Å²) < 4.78 is 12.3. The first-order valence-corrected chi connectivity index (χ1v) is 12.8. The van der Waals surface area contributed by atoms with Crippen molar-refractivity contribution in [3.05, 3.63) is 51.4 Å². The van der Waals surface area contributed by atoms with Gasteiger partial charge in [-0.3, -0.25) is 14.2 Å². The van der Waals surface area contributed by atoms with E-state index < -0.39 is 0 Å². The number of aryl methyl sites for hydroxylation is 1. The van der Waals surface area contributed by atoms with Gasteiger partial charge >= 0.3 is 0 Å². The molecule has 0 bridgehead atoms. The lowest BCUT2D eigenvalue weighted by atomic mass is 9.90. The number of fused-ring (bicyclic) bond motifs is 1. The SMILES string of the molecule is C=CC(=O)NC1CCCCC1Nc1ncc2cc(-c3c(Cl)c(OC)cc(OC)c3Cl)c(=O)n(CC)c2n1. The second-order valence-corrected chi connectivity index (χ2v) is 9.47. The molecule has 1 fully saturated rings. The summed E-state index contributed by atoms with van der Waals surface area (Å²) in [6.07, 6.45) is 6.68. The molecule has 11 heteroatoms. The number of carbonyl (C=O) groups excluding carboxylic acids is 1. The molecule has 0 spiro atoms. The van der Waals surface area contributed by atoms with E-state index in [4.69, 9.17) is 32.7 Å². The van der Waals surface area contributed by atoms with Crippen molar-refractivity contribution in [2.24, 2.45) is 0 Å². The maximum absolute atomic E-state index is 13.7. The fraction of sp³-hybridized carbons (Fsp3) is 0.385. The highest BCUT2D eigenvalue weighted by Gasteiger charge is 2.27. The average molecular weight is 546 g/mol. The van der Waals surface area contributed by atoms with Gasteiger partial charge in [0.2, 0.25) is 11.9 Å². The first-order valence-electron chi connectivity index (χ1n) is 12.0. The van der Waals surface area contributed by atoms with E-state index in [9.17, 15) is 9.59 Å². The highest BCUT2D eigenvalue weighted by Crippen LogP contribution is 2.45. The second kappa shape index (κ2) is 11.4. The van der Waals surface area contributed by atoms with E-state index in [0.717, 1.165) is 25.7 Å². The van der Waals surface area contributed by atoms with Crippen LogP contribution in [-0.4, -0.2) is 46.7 Å². The van der Waals surface area contributed by atoms with Crippen molar-refractivity contribution in [1.82, 2.24) is 19.9 Å². The quantitative estimate of drug-likeness (QED) is 0.390. The summed E-state index contributed by atoms with van der Waals surface area (Å²) >= 11 is 13.2. The molecule has 1 amide bonds. The number of methoxy groups -OCH3 is 2. The number of ether oxygens (including phenoxy) is 2. The third kappa shape index (κ3) is 5.24. The molecule has 9 nitrogen and oxygen atoms in total. The zero-order chi connectivity index (χ0) is 26.7. The van der Waals surface area contributed by atoms with Crippen LogP contribution in [0.4, 0.5) is 5.95 Å². The molecule has 196 valence electrons. The largest absolute Gasteiger partial charge is 0.495 e. The molecule has 1 saturated carbocycles. The minimum Gasteiger partial charge on any atom is -0.495 e. The third-order valence-electron chi connectivity index (χ3n) is 6.58. The monoisotopic (exact) mass is 545 g/mol. The normalized spacial score (nSPS) is 17.3. The second-order valence-electron chi connectivity index (χ2n) is 8.72. The van der Waals surface area contributed by atoms with Crippen LogP contribution in [-0.2, 0) is 11.3 Å². The van der Waals surface area contributed by atoms with Gasteiger partial charge in [0.1, 0.15) is 17.1 Å². The van der Waals surface area contributed by atoms with Crippen LogP contribution < -0.4 is 25.7 Å². The van der Waals surface area contributed by atoms with Crippen LogP contribution >= 0.6 is 23.2 Å². The number of aromatic nitrogens is 3. The van der Waals surface area contributed by atoms with Crippen LogP contribution in [0.5, 0.6) is 11.5 Å². The summed E-state index contributed by atoms with van der Waals surface area (Å²) in [6.45, 7) is 5.75. The number of rotatable bonds is 8. The zero-order valence-electron chi connectivity index (χ0n) is 20.9. The summed E-state index contributed by atoms with van der Waals surface area (Å²) in [5.41, 5.74) is 0.759. The number of pyridine rings is 1. The number of anilines is 1. The molecule has 2 aromatic heterocycles. The van der Waals surface area contributed by atoms with E-state index in [0.29, 0.717) is 40.6 Å². The van der Waals surface area contributed by atoms with Gasteiger partial charge in [-0.2, -0.15) is 4.98 Å². The fourth-order valence-electron chi connectivity index (χ4n) is 4.71. The lowest BCUT2D eigenvalue weighted by Gasteiger charge is -2.32. The van der Waals surface area contributed by atoms with Gasteiger partial charge in [0, 0.05) is 41.8 Å². The molecule has 3 aromatic rings. The Morgan fingerprint density at radius 1 is 1.16 bits per heavy atom. The first kappa shape index (κ1) is 26.8. The van der Waals surface area contributed by atoms with Crippen molar-refractivity contribution in [2.75, 3.05) is 19.5 Å². The smallest absolute Gasteiger partial charge is 0.260 e. The minimum atomic E-state index is -0.312. The molecule has 1 aliphatic rings. The number of carbonyl (C=O) groups is 1. The highest BCUT2D eigenvalue weighted by molar-refractivity contribution is 6.41. The van der Waals surface area contributed by atoms with Crippen LogP contribution in [0.2, 0.25) is 10.0 Å². The number of nitrogens with one attached hydrogen (secondary N) is 2. The van der Waals surface area contributed by atoms with Gasteiger partial charge in [-0.15, -0.1) is 0 Å². The number of hydrogen-bond donors (Lipinski definition) is 2. The molecule has 0 saturated heterocycles. The molecular formula is C26H29Cl2N5O4. The summed E-state index contributed by atoms with van der Waals surface area (Å²) in [4.78, 5) is 34.7. The first-order chi connectivity index (χ1) is 17.8. The van der Waals surface area contributed by atoms with E-state index in [-0.39, 0.29) is 39.2 Å². The molecule has 2 atom stereocenters. The molecule has 2 unspecified atom stereocenters. The lowest BCUT2D eigenvalue weighted by molar-refractivity contribution is -0.117. The molecule has 2 heterocycles. The molecule has 0 radical (unpaired) electrons. The Morgan fingerprint density at radius 2 is 1.81 bits per heavy atom. The van der Waals surface area contributed by atoms with E-state index in [2.05, 4.69) is 27.2 Å². The van der Waals surface area contributed by atoms with Gasteiger partial charge in [0.05, 0.1) is 29.8 Å². The maximum atomic E-state index is 13.7. The molecule has 2 N–H and O–H groups in total. The Morgan fingerprint density at radius 3 is 2.41 bits per heavy atom. The topological polar surface area (TPSA) is 107 Å². The van der Waals surface area contributed by atoms with E-state index in [1.54, 1.807) is 22.9 Å². The lowest BCUT2D eigenvalue weighted by Crippen LogP contribution is -2.48. The Balaban J connectivity index is 1.79. The van der Waals surface area contributed by atoms with Crippen LogP contribution in [0.15, 0.2) is 35.8 Å². The third-order valence-corrected chi connectivity index (χ3v) is 7.33. The van der Waals surface area contributed by atoms with E-state index >= 15 is 0 Å². The summed E-state index contributed by atoms with van der Waals surface area (Å²) in [7, 11) is 2.95. The molecule has 1 aromatic carbocycles. The number of hydrogen-bond acceptors (Lipinski definition) is 7. The Labute approximate surface area is 224 Å². The summed E-state index contributed by atoms with van der Waals surface area (Å²) in [6, 6.07) is 3.14. The maximum Gasteiger partial charge on any atom is 0.260 e. The molecule has 0 aliphatic heterocycles. The van der Waals surface area contributed by atoms with Gasteiger partial charge in [-0.1, -0.05) is 42.6 Å². The van der Waals surface area contributed by atoms with Gasteiger partial charge < -0.3 is 20.1 Å². The minimum absolute atomic E-state index is 0.0435. The zero-order valence-corrected chi connectivity index (χ0v) is 22.4. The van der Waals surface area contributed by atoms with Crippen molar-refractivity contribution in [1.29, 1.82) is 0 Å². The molecule has 37 heavy (non-hydrogen) atoms. The van der Waals surface area contributed by atoms with Crippen molar-refractivity contribution in [3.63, 3.8) is 0 Å². The standard InChI is InChI=1S/C26H29Cl2N5O4/c1-5-20(34)30-16-9-7-8-10-17(16)31-26-29-13-14-11-15(25(35)33(6-2)24(14)32-26)21-22(27)18(36-3)12-19(37-4)23(21)28/h5,11-13,16-17H,1,6-10H2,2-4H3,(H,30,34)(H,29,31,32). The van der Waals surface area contributed by atoms with Gasteiger partial charge in [-0.05, 0) is 31.9 Å². The van der Waals surface area contributed by atoms with Crippen LogP contribution in [0.25, 0.3) is 22.2 Å². The average Bonchev–Trinajstić information content (AvgIpc) is 2.90. The molecule has 4 rings (SSSR count). The van der Waals surface area contributed by atoms with E-state index in [1.807, 2.05) is 6.92 Å². The fourth-order valence-corrected chi connectivity index (χ4v) is 5.41. The van der Waals surface area contributed by atoms with Crippen LogP contribution in [0.3, 0.4) is 0 Å². The highest BCUT2D eigenvalue weighted by atomic mass is 35.5. The van der Waals surface area contributed by atoms with Crippen LogP contribution in [0.1, 0.15) is 32.6 Å². The molecule has 1 aliphatic carbocycles. The Kier molecular flexibility index (Phi) is 8.24. The summed E-state index contributed by atoms with van der Waals surface area (Å²) in [5.74, 6) is 0.839. The molecular weight excluding hydrogens is 517 g/mol. The van der Waals surface area contributed by atoms with Crippen molar-refractivity contribution >= 4 is 46.1 Å². The summed E-state index contributed by atoms with van der Waals surface area (Å²) in [5, 5.41) is 7.39. The number of halogens is 2. The Bertz CT molecular complexity index is 1380. The van der Waals surface area contributed by atoms with E-state index in [1.165, 1.54) is 20.3 Å². The predicted octanol–water partition coefficient (Wildman–Crippen LogP) is 4.83. The van der Waals surface area contributed by atoms with Gasteiger partial charge in [0.15, 0.2) is 0 Å². The van der Waals surface area contributed by atoms with Gasteiger partial charge in [-0.25, -0.2) is 4.98 Å². The Hall–Kier alpha value is -3.30. The number of nitrogens with zero attached hydrogens (tertiary/aromatic N) is 3. The van der Waals surface area contributed by atoms with Crippen LogP contribution in [0, 0.1) is 0 Å². The number of amides is 1. The number of benzene rings is 1. The van der Waals surface area contributed by atoms with Crippen molar-refractivity contribution in [3.8, 4) is 22.6 Å². The van der Waals surface area contributed by atoms with Crippen molar-refractivity contribution < 1.29 is 14.3 Å². The van der Waals surface area contributed by atoms with Gasteiger partial charge in [0.25, 0.3) is 5.56 Å².